The number of anilines is 1. The van der Waals surface area contributed by atoms with Crippen molar-refractivity contribution in [1.82, 2.24) is 10.2 Å². The highest BCUT2D eigenvalue weighted by Gasteiger charge is 2.26. The molecule has 3 amide bonds. The molecule has 1 aromatic carbocycles. The van der Waals surface area contributed by atoms with Crippen LogP contribution in [0.2, 0.25) is 0 Å². The summed E-state index contributed by atoms with van der Waals surface area (Å²) in [5.41, 5.74) is 0.481. The lowest BCUT2D eigenvalue weighted by Gasteiger charge is -2.21. The SMILES string of the molecule is CNC(=O)CN(C)C(=O)COC(=O)CN1C(=O)CCOc2ccccc21. The van der Waals surface area contributed by atoms with Gasteiger partial charge in [-0.2, -0.15) is 0 Å². The second kappa shape index (κ2) is 8.84. The third-order valence-corrected chi connectivity index (χ3v) is 3.76. The molecule has 9 nitrogen and oxygen atoms in total. The number of fused-ring (bicyclic) bond motifs is 1. The Balaban J connectivity index is 1.94. The molecule has 0 saturated carbocycles. The van der Waals surface area contributed by atoms with Crippen LogP contribution >= 0.6 is 0 Å². The topological polar surface area (TPSA) is 105 Å². The van der Waals surface area contributed by atoms with E-state index in [4.69, 9.17) is 9.47 Å². The van der Waals surface area contributed by atoms with E-state index in [2.05, 4.69) is 5.32 Å². The monoisotopic (exact) mass is 363 g/mol. The van der Waals surface area contributed by atoms with Gasteiger partial charge in [0.05, 0.1) is 25.3 Å². The van der Waals surface area contributed by atoms with E-state index in [0.717, 1.165) is 4.90 Å². The molecule has 0 fully saturated rings. The summed E-state index contributed by atoms with van der Waals surface area (Å²) in [5.74, 6) is -1.34. The lowest BCUT2D eigenvalue weighted by molar-refractivity contribution is -0.151. The van der Waals surface area contributed by atoms with Gasteiger partial charge in [0.2, 0.25) is 11.8 Å². The van der Waals surface area contributed by atoms with Gasteiger partial charge in [0.1, 0.15) is 12.3 Å². The number of hydrogen-bond acceptors (Lipinski definition) is 6. The van der Waals surface area contributed by atoms with Crippen molar-refractivity contribution in [3.8, 4) is 5.75 Å². The molecule has 0 aromatic heterocycles. The summed E-state index contributed by atoms with van der Waals surface area (Å²) in [6.07, 6.45) is 0.135. The van der Waals surface area contributed by atoms with E-state index >= 15 is 0 Å². The maximum absolute atomic E-state index is 12.2. The van der Waals surface area contributed by atoms with E-state index in [9.17, 15) is 19.2 Å². The molecule has 1 heterocycles. The number of rotatable bonds is 6. The number of carbonyl (C=O) groups is 4. The first-order valence-corrected chi connectivity index (χ1v) is 8.04. The molecule has 2 rings (SSSR count). The number of likely N-dealkylation sites (N-methyl/N-ethyl adjacent to an activating group) is 2. The number of nitrogens with one attached hydrogen (secondary N) is 1. The second-order valence-corrected chi connectivity index (χ2v) is 5.63. The third-order valence-electron chi connectivity index (χ3n) is 3.76. The highest BCUT2D eigenvalue weighted by Crippen LogP contribution is 2.30. The van der Waals surface area contributed by atoms with Crippen molar-refractivity contribution in [1.29, 1.82) is 0 Å². The Bertz CT molecular complexity index is 705. The molecule has 1 aliphatic rings. The molecule has 140 valence electrons. The van der Waals surface area contributed by atoms with Crippen molar-refractivity contribution >= 4 is 29.4 Å². The Kier molecular flexibility index (Phi) is 6.54. The molecule has 0 atom stereocenters. The van der Waals surface area contributed by atoms with Gasteiger partial charge in [-0.25, -0.2) is 0 Å². The molecule has 0 saturated heterocycles. The van der Waals surface area contributed by atoms with E-state index in [1.54, 1.807) is 24.3 Å². The summed E-state index contributed by atoms with van der Waals surface area (Å²) in [6.45, 7) is -0.746. The van der Waals surface area contributed by atoms with Gasteiger partial charge in [-0.15, -0.1) is 0 Å². The molecule has 0 unspecified atom stereocenters. The van der Waals surface area contributed by atoms with Crippen LogP contribution in [0.5, 0.6) is 5.75 Å². The lowest BCUT2D eigenvalue weighted by atomic mass is 10.2. The number of ether oxygens (including phenoxy) is 2. The maximum atomic E-state index is 12.2. The molecular weight excluding hydrogens is 342 g/mol. The predicted octanol–water partition coefficient (Wildman–Crippen LogP) is -0.450. The van der Waals surface area contributed by atoms with Crippen LogP contribution < -0.4 is 15.0 Å². The largest absolute Gasteiger partial charge is 0.491 e. The first kappa shape index (κ1) is 19.2. The van der Waals surface area contributed by atoms with E-state index in [-0.39, 0.29) is 37.9 Å². The second-order valence-electron chi connectivity index (χ2n) is 5.63. The van der Waals surface area contributed by atoms with Crippen molar-refractivity contribution in [2.45, 2.75) is 6.42 Å². The minimum Gasteiger partial charge on any atom is -0.491 e. The number of para-hydroxylation sites is 2. The van der Waals surface area contributed by atoms with Crippen LogP contribution in [-0.2, 0) is 23.9 Å². The van der Waals surface area contributed by atoms with E-state index < -0.39 is 18.5 Å². The number of benzene rings is 1. The van der Waals surface area contributed by atoms with Crippen LogP contribution in [0.15, 0.2) is 24.3 Å². The standard InChI is InChI=1S/C17H21N3O6/c1-18-14(21)9-19(2)16(23)11-26-17(24)10-20-12-5-3-4-6-13(12)25-8-7-15(20)22/h3-6H,7-11H2,1-2H3,(H,18,21). The van der Waals surface area contributed by atoms with Crippen LogP contribution in [0, 0.1) is 0 Å². The Morgan fingerprint density at radius 1 is 1.31 bits per heavy atom. The van der Waals surface area contributed by atoms with Crippen molar-refractivity contribution in [2.24, 2.45) is 0 Å². The van der Waals surface area contributed by atoms with E-state index in [1.165, 1.54) is 19.0 Å². The highest BCUT2D eigenvalue weighted by atomic mass is 16.5. The molecule has 0 radical (unpaired) electrons. The Morgan fingerprint density at radius 3 is 2.77 bits per heavy atom. The Labute approximate surface area is 150 Å². The van der Waals surface area contributed by atoms with Crippen LogP contribution in [-0.4, -0.2) is 69.0 Å². The summed E-state index contributed by atoms with van der Waals surface area (Å²) in [5, 5.41) is 2.39. The van der Waals surface area contributed by atoms with E-state index in [1.807, 2.05) is 0 Å². The van der Waals surface area contributed by atoms with Crippen molar-refractivity contribution in [3.05, 3.63) is 24.3 Å². The maximum Gasteiger partial charge on any atom is 0.326 e. The molecule has 1 aliphatic heterocycles. The smallest absolute Gasteiger partial charge is 0.326 e. The van der Waals surface area contributed by atoms with Gasteiger partial charge >= 0.3 is 5.97 Å². The van der Waals surface area contributed by atoms with Gasteiger partial charge in [-0.1, -0.05) is 12.1 Å². The molecule has 1 aromatic rings. The number of carbonyl (C=O) groups excluding carboxylic acids is 4. The Hall–Kier alpha value is -3.10. The zero-order chi connectivity index (χ0) is 19.1. The normalized spacial score (nSPS) is 13.2. The van der Waals surface area contributed by atoms with Crippen LogP contribution in [0.3, 0.4) is 0 Å². The summed E-state index contributed by atoms with van der Waals surface area (Å²) < 4.78 is 10.4. The quantitative estimate of drug-likeness (QED) is 0.687. The first-order chi connectivity index (χ1) is 12.4. The fourth-order valence-corrected chi connectivity index (χ4v) is 2.30. The van der Waals surface area contributed by atoms with Crippen LogP contribution in [0.1, 0.15) is 6.42 Å². The lowest BCUT2D eigenvalue weighted by Crippen LogP contribution is -2.40. The van der Waals surface area contributed by atoms with Gasteiger partial charge in [-0.05, 0) is 12.1 Å². The first-order valence-electron chi connectivity index (χ1n) is 8.04. The summed E-state index contributed by atoms with van der Waals surface area (Å²) in [4.78, 5) is 49.9. The van der Waals surface area contributed by atoms with Gasteiger partial charge in [0.25, 0.3) is 5.91 Å². The minimum absolute atomic E-state index is 0.135. The molecule has 0 spiro atoms. The van der Waals surface area contributed by atoms with Crippen molar-refractivity contribution < 1.29 is 28.7 Å². The van der Waals surface area contributed by atoms with Crippen LogP contribution in [0.4, 0.5) is 5.69 Å². The van der Waals surface area contributed by atoms with Gasteiger partial charge in [0, 0.05) is 14.1 Å². The van der Waals surface area contributed by atoms with Gasteiger partial charge in [0.15, 0.2) is 6.61 Å². The highest BCUT2D eigenvalue weighted by molar-refractivity contribution is 5.99. The average molecular weight is 363 g/mol. The van der Waals surface area contributed by atoms with Gasteiger partial charge < -0.3 is 19.7 Å². The Morgan fingerprint density at radius 2 is 2.04 bits per heavy atom. The fraction of sp³-hybridized carbons (Fsp3) is 0.412. The number of esters is 1. The summed E-state index contributed by atoms with van der Waals surface area (Å²) in [7, 11) is 2.89. The molecule has 1 N–H and O–H groups in total. The van der Waals surface area contributed by atoms with E-state index in [0.29, 0.717) is 11.4 Å². The zero-order valence-corrected chi connectivity index (χ0v) is 14.7. The molecular formula is C17H21N3O6. The number of amides is 3. The van der Waals surface area contributed by atoms with Crippen LogP contribution in [0.25, 0.3) is 0 Å². The molecule has 26 heavy (non-hydrogen) atoms. The van der Waals surface area contributed by atoms with Crippen molar-refractivity contribution in [2.75, 3.05) is 45.3 Å². The molecule has 0 bridgehead atoms. The fourth-order valence-electron chi connectivity index (χ4n) is 2.30. The summed E-state index contributed by atoms with van der Waals surface area (Å²) in [6, 6.07) is 6.89. The molecule has 9 heteroatoms. The zero-order valence-electron chi connectivity index (χ0n) is 14.7. The average Bonchev–Trinajstić information content (AvgIpc) is 2.78. The van der Waals surface area contributed by atoms with Gasteiger partial charge in [-0.3, -0.25) is 24.1 Å². The summed E-state index contributed by atoms with van der Waals surface area (Å²) >= 11 is 0. The number of hydrogen-bond donors (Lipinski definition) is 1. The predicted molar refractivity (Wildman–Crippen MR) is 91.6 cm³/mol. The molecule has 0 aliphatic carbocycles. The van der Waals surface area contributed by atoms with Crippen molar-refractivity contribution in [3.63, 3.8) is 0 Å². The number of nitrogens with zero attached hydrogens (tertiary/aromatic N) is 2. The minimum atomic E-state index is -0.725. The third kappa shape index (κ3) is 4.95.